The van der Waals surface area contributed by atoms with Crippen LogP contribution in [0.4, 0.5) is 0 Å². The molecular weight excluding hydrogens is 512 g/mol. The molecule has 34 heavy (non-hydrogen) atoms. The molecule has 0 spiro atoms. The first kappa shape index (κ1) is 26.0. The van der Waals surface area contributed by atoms with E-state index in [9.17, 15) is 9.59 Å². The fraction of sp³-hybridized carbons (Fsp3) is 0.286. The topological polar surface area (TPSA) is 49.4 Å². The average molecular weight is 542 g/mol. The average Bonchev–Trinajstić information content (AvgIpc) is 2.83. The van der Waals surface area contributed by atoms with Gasteiger partial charge in [-0.1, -0.05) is 89.1 Å². The Hall–Kier alpha value is -2.63. The number of carbonyl (C=O) groups excluding carboxylic acids is 2. The zero-order chi connectivity index (χ0) is 24.5. The standard InChI is InChI=1S/C28H30BrClN2O2/c1-3-20(2)31-28(34)26(17-21-8-5-4-6-9-21)32(19-22-12-14-24(29)15-13-22)27(33)18-23-10-7-11-25(30)16-23/h4-16,20,26H,3,17-19H2,1-2H3,(H,31,34)/t20-,26-/m1/s1. The van der Waals surface area contributed by atoms with Crippen LogP contribution in [-0.4, -0.2) is 28.8 Å². The maximum atomic E-state index is 13.7. The summed E-state index contributed by atoms with van der Waals surface area (Å²) in [4.78, 5) is 28.9. The van der Waals surface area contributed by atoms with Crippen molar-refractivity contribution >= 4 is 39.3 Å². The number of hydrogen-bond donors (Lipinski definition) is 1. The summed E-state index contributed by atoms with van der Waals surface area (Å²) in [5, 5.41) is 3.68. The third kappa shape index (κ3) is 7.71. The summed E-state index contributed by atoms with van der Waals surface area (Å²) in [5.41, 5.74) is 2.78. The summed E-state index contributed by atoms with van der Waals surface area (Å²) in [6.07, 6.45) is 1.41. The highest BCUT2D eigenvalue weighted by atomic mass is 79.9. The van der Waals surface area contributed by atoms with Crippen molar-refractivity contribution in [3.8, 4) is 0 Å². The Labute approximate surface area is 215 Å². The van der Waals surface area contributed by atoms with E-state index in [1.54, 1.807) is 17.0 Å². The minimum atomic E-state index is -0.647. The molecule has 0 aliphatic carbocycles. The summed E-state index contributed by atoms with van der Waals surface area (Å²) >= 11 is 9.62. The molecule has 0 saturated heterocycles. The number of amides is 2. The predicted molar refractivity (Wildman–Crippen MR) is 142 cm³/mol. The van der Waals surface area contributed by atoms with E-state index in [4.69, 9.17) is 11.6 Å². The molecule has 0 bridgehead atoms. The summed E-state index contributed by atoms with van der Waals surface area (Å²) in [6.45, 7) is 4.34. The molecule has 0 aliphatic rings. The van der Waals surface area contributed by atoms with Gasteiger partial charge in [-0.05, 0) is 54.3 Å². The Kier molecular flexibility index (Phi) is 9.73. The first-order valence-electron chi connectivity index (χ1n) is 11.5. The third-order valence-corrected chi connectivity index (χ3v) is 6.55. The highest BCUT2D eigenvalue weighted by Gasteiger charge is 2.31. The van der Waals surface area contributed by atoms with Crippen molar-refractivity contribution < 1.29 is 9.59 Å². The van der Waals surface area contributed by atoms with Crippen LogP contribution < -0.4 is 5.32 Å². The fourth-order valence-corrected chi connectivity index (χ4v) is 4.18. The molecule has 3 rings (SSSR count). The Morgan fingerprint density at radius 1 is 0.941 bits per heavy atom. The number of nitrogens with one attached hydrogen (secondary N) is 1. The summed E-state index contributed by atoms with van der Waals surface area (Å²) in [5.74, 6) is -0.264. The molecule has 0 saturated carbocycles. The van der Waals surface area contributed by atoms with Crippen LogP contribution in [0, 0.1) is 0 Å². The zero-order valence-corrected chi connectivity index (χ0v) is 21.9. The lowest BCUT2D eigenvalue weighted by Crippen LogP contribution is -2.52. The van der Waals surface area contributed by atoms with Crippen LogP contribution in [0.3, 0.4) is 0 Å². The molecule has 1 N–H and O–H groups in total. The molecule has 6 heteroatoms. The number of nitrogens with zero attached hydrogens (tertiary/aromatic N) is 1. The summed E-state index contributed by atoms with van der Waals surface area (Å²) in [6, 6.07) is 24.3. The van der Waals surface area contributed by atoms with Gasteiger partial charge in [0.1, 0.15) is 6.04 Å². The van der Waals surface area contributed by atoms with Gasteiger partial charge in [-0.2, -0.15) is 0 Å². The van der Waals surface area contributed by atoms with Gasteiger partial charge in [0.15, 0.2) is 0 Å². The van der Waals surface area contributed by atoms with Crippen LogP contribution in [0.1, 0.15) is 37.0 Å². The van der Waals surface area contributed by atoms with Crippen molar-refractivity contribution in [2.75, 3.05) is 0 Å². The van der Waals surface area contributed by atoms with E-state index >= 15 is 0 Å². The molecule has 0 aliphatic heterocycles. The van der Waals surface area contributed by atoms with Crippen molar-refractivity contribution in [3.05, 3.63) is 105 Å². The van der Waals surface area contributed by atoms with Gasteiger partial charge in [-0.3, -0.25) is 9.59 Å². The molecule has 0 unspecified atom stereocenters. The van der Waals surface area contributed by atoms with Gasteiger partial charge in [0.05, 0.1) is 6.42 Å². The molecule has 2 amide bonds. The van der Waals surface area contributed by atoms with Crippen LogP contribution >= 0.6 is 27.5 Å². The van der Waals surface area contributed by atoms with E-state index in [-0.39, 0.29) is 24.3 Å². The predicted octanol–water partition coefficient (Wildman–Crippen LogP) is 6.20. The minimum Gasteiger partial charge on any atom is -0.352 e. The molecule has 0 radical (unpaired) electrons. The first-order chi connectivity index (χ1) is 16.4. The smallest absolute Gasteiger partial charge is 0.243 e. The quantitative estimate of drug-likeness (QED) is 0.332. The fourth-order valence-electron chi connectivity index (χ4n) is 3.70. The highest BCUT2D eigenvalue weighted by Crippen LogP contribution is 2.19. The first-order valence-corrected chi connectivity index (χ1v) is 12.7. The molecular formula is C28H30BrClN2O2. The van der Waals surface area contributed by atoms with E-state index in [0.29, 0.717) is 18.0 Å². The summed E-state index contributed by atoms with van der Waals surface area (Å²) < 4.78 is 0.961. The van der Waals surface area contributed by atoms with E-state index in [1.807, 2.05) is 80.6 Å². The Morgan fingerprint density at radius 2 is 1.62 bits per heavy atom. The molecule has 2 atom stereocenters. The largest absolute Gasteiger partial charge is 0.352 e. The minimum absolute atomic E-state index is 0.0170. The maximum absolute atomic E-state index is 13.7. The normalized spacial score (nSPS) is 12.6. The van der Waals surface area contributed by atoms with Gasteiger partial charge < -0.3 is 10.2 Å². The Morgan fingerprint density at radius 3 is 2.26 bits per heavy atom. The monoisotopic (exact) mass is 540 g/mol. The van der Waals surface area contributed by atoms with Gasteiger partial charge in [-0.25, -0.2) is 0 Å². The third-order valence-electron chi connectivity index (χ3n) is 5.78. The molecule has 178 valence electrons. The van der Waals surface area contributed by atoms with E-state index in [1.165, 1.54) is 0 Å². The van der Waals surface area contributed by atoms with Gasteiger partial charge in [-0.15, -0.1) is 0 Å². The van der Waals surface area contributed by atoms with Crippen molar-refractivity contribution in [2.24, 2.45) is 0 Å². The Bertz CT molecular complexity index is 1090. The van der Waals surface area contributed by atoms with E-state index in [2.05, 4.69) is 21.2 Å². The number of rotatable bonds is 10. The van der Waals surface area contributed by atoms with Crippen molar-refractivity contribution in [2.45, 2.75) is 51.7 Å². The summed E-state index contributed by atoms with van der Waals surface area (Å²) in [7, 11) is 0. The molecule has 4 nitrogen and oxygen atoms in total. The lowest BCUT2D eigenvalue weighted by Gasteiger charge is -2.32. The second kappa shape index (κ2) is 12.7. The SMILES string of the molecule is CC[C@@H](C)NC(=O)[C@@H](Cc1ccccc1)N(Cc1ccc(Br)cc1)C(=O)Cc1cccc(Cl)c1. The van der Waals surface area contributed by atoms with Gasteiger partial charge in [0.2, 0.25) is 11.8 Å². The lowest BCUT2D eigenvalue weighted by atomic mass is 10.0. The Balaban J connectivity index is 1.96. The second-order valence-electron chi connectivity index (χ2n) is 8.48. The number of hydrogen-bond acceptors (Lipinski definition) is 2. The zero-order valence-electron chi connectivity index (χ0n) is 19.5. The maximum Gasteiger partial charge on any atom is 0.243 e. The van der Waals surface area contributed by atoms with Crippen molar-refractivity contribution in [3.63, 3.8) is 0 Å². The lowest BCUT2D eigenvalue weighted by molar-refractivity contribution is -0.141. The molecule has 0 fully saturated rings. The number of halogens is 2. The van der Waals surface area contributed by atoms with Crippen molar-refractivity contribution in [1.82, 2.24) is 10.2 Å². The second-order valence-corrected chi connectivity index (χ2v) is 9.83. The van der Waals surface area contributed by atoms with Crippen LogP contribution in [0.25, 0.3) is 0 Å². The molecule has 3 aromatic carbocycles. The van der Waals surface area contributed by atoms with Gasteiger partial charge in [0.25, 0.3) is 0 Å². The van der Waals surface area contributed by atoms with E-state index in [0.717, 1.165) is 27.6 Å². The molecule has 0 heterocycles. The van der Waals surface area contributed by atoms with Crippen LogP contribution in [0.5, 0.6) is 0 Å². The van der Waals surface area contributed by atoms with Gasteiger partial charge >= 0.3 is 0 Å². The highest BCUT2D eigenvalue weighted by molar-refractivity contribution is 9.10. The molecule has 3 aromatic rings. The van der Waals surface area contributed by atoms with Crippen molar-refractivity contribution in [1.29, 1.82) is 0 Å². The molecule has 0 aromatic heterocycles. The number of carbonyl (C=O) groups is 2. The van der Waals surface area contributed by atoms with Crippen LogP contribution in [-0.2, 0) is 29.0 Å². The van der Waals surface area contributed by atoms with Crippen LogP contribution in [0.2, 0.25) is 5.02 Å². The number of benzene rings is 3. The van der Waals surface area contributed by atoms with Gasteiger partial charge in [0, 0.05) is 28.5 Å². The van der Waals surface area contributed by atoms with Crippen LogP contribution in [0.15, 0.2) is 83.3 Å². The van der Waals surface area contributed by atoms with E-state index < -0.39 is 6.04 Å².